The molecular weight excluding hydrogens is 192 g/mol. The molecule has 2 fully saturated rings. The molecule has 2 rings (SSSR count). The van der Waals surface area contributed by atoms with Gasteiger partial charge in [-0.3, -0.25) is 9.59 Å². The molecule has 0 aromatic carbocycles. The predicted octanol–water partition coefficient (Wildman–Crippen LogP) is 0.333. The Bertz CT molecular complexity index is 306. The second-order valence-corrected chi connectivity index (χ2v) is 5.55. The Morgan fingerprint density at radius 1 is 1.20 bits per heavy atom. The van der Waals surface area contributed by atoms with Gasteiger partial charge in [0.2, 0.25) is 12.3 Å². The Labute approximate surface area is 90.2 Å². The zero-order valence-electron chi connectivity index (χ0n) is 9.62. The molecule has 15 heavy (non-hydrogen) atoms. The van der Waals surface area contributed by atoms with Gasteiger partial charge >= 0.3 is 0 Å². The van der Waals surface area contributed by atoms with Gasteiger partial charge in [-0.1, -0.05) is 13.8 Å². The Balaban J connectivity index is 2.14. The fourth-order valence-corrected chi connectivity index (χ4v) is 2.84. The molecule has 0 saturated carbocycles. The lowest BCUT2D eigenvalue weighted by Crippen LogP contribution is -2.62. The quantitative estimate of drug-likeness (QED) is 0.585. The van der Waals surface area contributed by atoms with Crippen LogP contribution in [-0.4, -0.2) is 48.3 Å². The van der Waals surface area contributed by atoms with Gasteiger partial charge in [-0.25, -0.2) is 0 Å². The van der Waals surface area contributed by atoms with Crippen LogP contribution in [0.2, 0.25) is 0 Å². The molecule has 2 aliphatic rings. The maximum absolute atomic E-state index is 11.4. The summed E-state index contributed by atoms with van der Waals surface area (Å²) >= 11 is 0. The van der Waals surface area contributed by atoms with Gasteiger partial charge in [-0.15, -0.1) is 0 Å². The van der Waals surface area contributed by atoms with Crippen LogP contribution in [0.5, 0.6) is 0 Å². The van der Waals surface area contributed by atoms with Gasteiger partial charge in [0.15, 0.2) is 0 Å². The first-order chi connectivity index (χ1) is 6.90. The van der Waals surface area contributed by atoms with E-state index in [4.69, 9.17) is 0 Å². The molecule has 2 amide bonds. The molecule has 0 N–H and O–H groups in total. The van der Waals surface area contributed by atoms with E-state index in [1.54, 1.807) is 11.8 Å². The third-order valence-corrected chi connectivity index (χ3v) is 4.12. The van der Waals surface area contributed by atoms with Crippen LogP contribution in [-0.2, 0) is 9.59 Å². The third kappa shape index (κ3) is 1.34. The Morgan fingerprint density at radius 3 is 2.20 bits per heavy atom. The first-order valence-electron chi connectivity index (χ1n) is 5.35. The Kier molecular flexibility index (Phi) is 2.07. The molecule has 0 aliphatic carbocycles. The number of likely N-dealkylation sites (tertiary alicyclic amines) is 2. The average Bonchev–Trinajstić information content (AvgIpc) is 2.34. The van der Waals surface area contributed by atoms with Crippen LogP contribution >= 0.6 is 0 Å². The van der Waals surface area contributed by atoms with Crippen LogP contribution in [0.25, 0.3) is 0 Å². The summed E-state index contributed by atoms with van der Waals surface area (Å²) in [4.78, 5) is 25.6. The summed E-state index contributed by atoms with van der Waals surface area (Å²) in [7, 11) is 0. The highest BCUT2D eigenvalue weighted by molar-refractivity contribution is 5.74. The predicted molar refractivity (Wildman–Crippen MR) is 56.1 cm³/mol. The molecule has 0 aromatic heterocycles. The van der Waals surface area contributed by atoms with Crippen molar-refractivity contribution in [2.45, 2.75) is 20.8 Å². The normalized spacial score (nSPS) is 26.6. The largest absolute Gasteiger partial charge is 0.344 e. The number of nitrogens with zero attached hydrogens (tertiary/aromatic N) is 2. The van der Waals surface area contributed by atoms with E-state index in [2.05, 4.69) is 13.8 Å². The van der Waals surface area contributed by atoms with Crippen molar-refractivity contribution < 1.29 is 9.59 Å². The van der Waals surface area contributed by atoms with Crippen LogP contribution in [0.1, 0.15) is 20.8 Å². The summed E-state index contributed by atoms with van der Waals surface area (Å²) in [6.45, 7) is 9.22. The molecule has 0 aromatic rings. The smallest absolute Gasteiger partial charge is 0.219 e. The number of carbonyl (C=O) groups excluding carboxylic acids is 2. The van der Waals surface area contributed by atoms with Crippen molar-refractivity contribution in [3.05, 3.63) is 0 Å². The number of amides is 2. The lowest BCUT2D eigenvalue weighted by Gasteiger charge is -2.52. The minimum atomic E-state index is 0.123. The van der Waals surface area contributed by atoms with E-state index in [9.17, 15) is 9.59 Å². The van der Waals surface area contributed by atoms with E-state index in [1.165, 1.54) is 0 Å². The molecular formula is C11H18N2O2. The van der Waals surface area contributed by atoms with Crippen molar-refractivity contribution in [2.75, 3.05) is 26.2 Å². The highest BCUT2D eigenvalue weighted by Crippen LogP contribution is 2.51. The van der Waals surface area contributed by atoms with Crippen LogP contribution in [0, 0.1) is 10.8 Å². The summed E-state index contributed by atoms with van der Waals surface area (Å²) in [5, 5.41) is 0. The highest BCUT2D eigenvalue weighted by Gasteiger charge is 2.58. The van der Waals surface area contributed by atoms with Crippen LogP contribution in [0.3, 0.4) is 0 Å². The second kappa shape index (κ2) is 2.97. The summed E-state index contributed by atoms with van der Waals surface area (Å²) in [5.74, 6) is 0.143. The van der Waals surface area contributed by atoms with Gasteiger partial charge in [0.1, 0.15) is 0 Å². The zero-order chi connectivity index (χ0) is 11.3. The molecule has 0 atom stereocenters. The molecule has 1 spiro atoms. The summed E-state index contributed by atoms with van der Waals surface area (Å²) in [6, 6.07) is 0. The molecule has 4 heteroatoms. The van der Waals surface area contributed by atoms with E-state index < -0.39 is 0 Å². The minimum absolute atomic E-state index is 0.123. The SMILES string of the molecule is CC(=O)N1CC(C)(C)C2(CN(C=O)C2)C1. The van der Waals surface area contributed by atoms with Crippen molar-refractivity contribution in [3.8, 4) is 0 Å². The average molecular weight is 210 g/mol. The standard InChI is InChI=1S/C11H18N2O2/c1-9(15)13-4-10(2,3)11(7-13)5-12(6-11)8-14/h8H,4-7H2,1-3H3. The van der Waals surface area contributed by atoms with Gasteiger partial charge in [0, 0.05) is 38.5 Å². The van der Waals surface area contributed by atoms with Gasteiger partial charge in [-0.2, -0.15) is 0 Å². The van der Waals surface area contributed by atoms with Gasteiger partial charge < -0.3 is 9.80 Å². The fourth-order valence-electron chi connectivity index (χ4n) is 2.84. The minimum Gasteiger partial charge on any atom is -0.344 e. The van der Waals surface area contributed by atoms with Crippen LogP contribution in [0.15, 0.2) is 0 Å². The highest BCUT2D eigenvalue weighted by atomic mass is 16.2. The maximum atomic E-state index is 11.4. The second-order valence-electron chi connectivity index (χ2n) is 5.55. The maximum Gasteiger partial charge on any atom is 0.219 e. The van der Waals surface area contributed by atoms with Gasteiger partial charge in [-0.05, 0) is 5.41 Å². The Hall–Kier alpha value is -1.06. The number of hydrogen-bond acceptors (Lipinski definition) is 2. The van der Waals surface area contributed by atoms with Crippen molar-refractivity contribution in [1.29, 1.82) is 0 Å². The molecule has 0 unspecified atom stereocenters. The molecule has 0 radical (unpaired) electrons. The van der Waals surface area contributed by atoms with E-state index >= 15 is 0 Å². The molecule has 2 saturated heterocycles. The molecule has 4 nitrogen and oxygen atoms in total. The van der Waals surface area contributed by atoms with E-state index in [0.717, 1.165) is 32.6 Å². The monoisotopic (exact) mass is 210 g/mol. The summed E-state index contributed by atoms with van der Waals surface area (Å²) in [5.41, 5.74) is 0.262. The summed E-state index contributed by atoms with van der Waals surface area (Å²) in [6.07, 6.45) is 0.901. The third-order valence-electron chi connectivity index (χ3n) is 4.12. The topological polar surface area (TPSA) is 40.6 Å². The molecule has 2 heterocycles. The van der Waals surface area contributed by atoms with Crippen LogP contribution in [0.4, 0.5) is 0 Å². The zero-order valence-corrected chi connectivity index (χ0v) is 9.62. The lowest BCUT2D eigenvalue weighted by molar-refractivity contribution is -0.135. The van der Waals surface area contributed by atoms with Gasteiger partial charge in [0.25, 0.3) is 0 Å². The van der Waals surface area contributed by atoms with Crippen LogP contribution < -0.4 is 0 Å². The number of hydrogen-bond donors (Lipinski definition) is 0. The first kappa shape index (κ1) is 10.5. The van der Waals surface area contributed by atoms with E-state index in [-0.39, 0.29) is 16.7 Å². The van der Waals surface area contributed by atoms with Gasteiger partial charge in [0.05, 0.1) is 0 Å². The van der Waals surface area contributed by atoms with Crippen molar-refractivity contribution >= 4 is 12.3 Å². The van der Waals surface area contributed by atoms with E-state index in [1.807, 2.05) is 4.90 Å². The van der Waals surface area contributed by atoms with Crippen molar-refractivity contribution in [3.63, 3.8) is 0 Å². The number of carbonyl (C=O) groups is 2. The van der Waals surface area contributed by atoms with E-state index in [0.29, 0.717) is 0 Å². The number of rotatable bonds is 1. The molecule has 0 bridgehead atoms. The lowest BCUT2D eigenvalue weighted by atomic mass is 9.63. The Morgan fingerprint density at radius 2 is 1.80 bits per heavy atom. The fraction of sp³-hybridized carbons (Fsp3) is 0.818. The summed E-state index contributed by atoms with van der Waals surface area (Å²) < 4.78 is 0. The first-order valence-corrected chi connectivity index (χ1v) is 5.35. The molecule has 84 valence electrons. The van der Waals surface area contributed by atoms with Crippen molar-refractivity contribution in [2.24, 2.45) is 10.8 Å². The van der Waals surface area contributed by atoms with Crippen molar-refractivity contribution in [1.82, 2.24) is 9.80 Å². The molecule has 2 aliphatic heterocycles.